The lowest BCUT2D eigenvalue weighted by molar-refractivity contribution is -0.118. The summed E-state index contributed by atoms with van der Waals surface area (Å²) in [4.78, 5) is 32.8. The van der Waals surface area contributed by atoms with Crippen LogP contribution in [0.15, 0.2) is 11.4 Å². The van der Waals surface area contributed by atoms with Gasteiger partial charge in [-0.3, -0.25) is 10.1 Å². The summed E-state index contributed by atoms with van der Waals surface area (Å²) in [5.74, 6) is -1.45. The van der Waals surface area contributed by atoms with E-state index in [0.717, 1.165) is 11.3 Å². The van der Waals surface area contributed by atoms with Crippen molar-refractivity contribution >= 4 is 34.2 Å². The van der Waals surface area contributed by atoms with E-state index in [9.17, 15) is 14.4 Å². The summed E-state index contributed by atoms with van der Waals surface area (Å²) >= 11 is 1.14. The Morgan fingerprint density at radius 1 is 1.32 bits per heavy atom. The number of rotatable bonds is 7. The summed E-state index contributed by atoms with van der Waals surface area (Å²) in [7, 11) is 0. The van der Waals surface area contributed by atoms with Crippen LogP contribution in [0.4, 0.5) is 9.80 Å². The Hall–Kier alpha value is -2.09. The van der Waals surface area contributed by atoms with Gasteiger partial charge >= 0.3 is 12.0 Å². The molecule has 1 aromatic heterocycles. The fourth-order valence-electron chi connectivity index (χ4n) is 1.35. The third-order valence-corrected chi connectivity index (χ3v) is 3.09. The highest BCUT2D eigenvalue weighted by atomic mass is 32.1. The zero-order chi connectivity index (χ0) is 14.3. The van der Waals surface area contributed by atoms with Crippen molar-refractivity contribution in [1.82, 2.24) is 5.32 Å². The molecule has 0 atom stereocenters. The van der Waals surface area contributed by atoms with Crippen LogP contribution in [0.5, 0.6) is 0 Å². The molecule has 0 unspecified atom stereocenters. The Kier molecular flexibility index (Phi) is 5.80. The SMILES string of the molecule is NC(=O)CCCCNC(=O)Nc1sccc1C(=O)O. The van der Waals surface area contributed by atoms with Crippen molar-refractivity contribution in [3.05, 3.63) is 17.0 Å². The summed E-state index contributed by atoms with van der Waals surface area (Å²) in [6, 6.07) is 0.958. The van der Waals surface area contributed by atoms with Crippen LogP contribution in [0.25, 0.3) is 0 Å². The second-order valence-electron chi connectivity index (χ2n) is 3.77. The normalized spacial score (nSPS) is 9.89. The molecule has 0 aliphatic carbocycles. The number of carboxylic acids is 1. The number of urea groups is 1. The maximum Gasteiger partial charge on any atom is 0.338 e. The zero-order valence-electron chi connectivity index (χ0n) is 10.1. The molecule has 3 amide bonds. The van der Waals surface area contributed by atoms with Crippen molar-refractivity contribution in [1.29, 1.82) is 0 Å². The molecule has 0 bridgehead atoms. The number of carbonyl (C=O) groups excluding carboxylic acids is 2. The molecule has 1 heterocycles. The van der Waals surface area contributed by atoms with E-state index in [1.165, 1.54) is 6.07 Å². The summed E-state index contributed by atoms with van der Waals surface area (Å²) < 4.78 is 0. The minimum atomic E-state index is -1.09. The first-order valence-electron chi connectivity index (χ1n) is 5.64. The summed E-state index contributed by atoms with van der Waals surface area (Å²) in [5.41, 5.74) is 5.04. The largest absolute Gasteiger partial charge is 0.478 e. The van der Waals surface area contributed by atoms with E-state index in [1.807, 2.05) is 0 Å². The van der Waals surface area contributed by atoms with Gasteiger partial charge in [0, 0.05) is 13.0 Å². The lowest BCUT2D eigenvalue weighted by atomic mass is 10.2. The standard InChI is InChI=1S/C11H15N3O4S/c12-8(15)3-1-2-5-13-11(18)14-9-7(10(16)17)4-6-19-9/h4,6H,1-3,5H2,(H2,12,15)(H,16,17)(H2,13,14,18). The van der Waals surface area contributed by atoms with E-state index in [4.69, 9.17) is 10.8 Å². The third-order valence-electron chi connectivity index (χ3n) is 2.26. The molecule has 0 fully saturated rings. The summed E-state index contributed by atoms with van der Waals surface area (Å²) in [6.45, 7) is 0.396. The fraction of sp³-hybridized carbons (Fsp3) is 0.364. The van der Waals surface area contributed by atoms with Crippen LogP contribution >= 0.6 is 11.3 Å². The van der Waals surface area contributed by atoms with E-state index < -0.39 is 12.0 Å². The minimum Gasteiger partial charge on any atom is -0.478 e. The number of primary amides is 1. The molecule has 0 saturated carbocycles. The van der Waals surface area contributed by atoms with Crippen molar-refractivity contribution in [2.45, 2.75) is 19.3 Å². The summed E-state index contributed by atoms with van der Waals surface area (Å²) in [5, 5.41) is 15.8. The maximum absolute atomic E-state index is 11.5. The monoisotopic (exact) mass is 285 g/mol. The van der Waals surface area contributed by atoms with Crippen LogP contribution in [0.1, 0.15) is 29.6 Å². The van der Waals surface area contributed by atoms with Gasteiger partial charge in [0.15, 0.2) is 0 Å². The van der Waals surface area contributed by atoms with E-state index >= 15 is 0 Å². The number of hydrogen-bond acceptors (Lipinski definition) is 4. The van der Waals surface area contributed by atoms with Gasteiger partial charge in [0.2, 0.25) is 5.91 Å². The maximum atomic E-state index is 11.5. The predicted octanol–water partition coefficient (Wildman–Crippen LogP) is 1.22. The first kappa shape index (κ1) is 15.0. The van der Waals surface area contributed by atoms with Crippen LogP contribution in [0, 0.1) is 0 Å². The number of anilines is 1. The van der Waals surface area contributed by atoms with Gasteiger partial charge in [0.05, 0.1) is 5.56 Å². The molecule has 5 N–H and O–H groups in total. The quantitative estimate of drug-likeness (QED) is 0.563. The second-order valence-corrected chi connectivity index (χ2v) is 4.69. The Bertz CT molecular complexity index is 472. The lowest BCUT2D eigenvalue weighted by Gasteiger charge is -2.06. The molecular weight excluding hydrogens is 270 g/mol. The van der Waals surface area contributed by atoms with Crippen LogP contribution in [-0.2, 0) is 4.79 Å². The van der Waals surface area contributed by atoms with E-state index in [1.54, 1.807) is 5.38 Å². The number of carbonyl (C=O) groups is 3. The average molecular weight is 285 g/mol. The first-order chi connectivity index (χ1) is 9.00. The van der Waals surface area contributed by atoms with Crippen molar-refractivity contribution in [2.24, 2.45) is 5.73 Å². The number of thiophene rings is 1. The number of nitrogens with one attached hydrogen (secondary N) is 2. The average Bonchev–Trinajstić information content (AvgIpc) is 2.76. The number of aromatic carboxylic acids is 1. The van der Waals surface area contributed by atoms with Crippen LogP contribution in [0.3, 0.4) is 0 Å². The van der Waals surface area contributed by atoms with Gasteiger partial charge in [-0.05, 0) is 24.3 Å². The molecule has 0 radical (unpaired) electrons. The second kappa shape index (κ2) is 7.37. The van der Waals surface area contributed by atoms with Gasteiger partial charge in [-0.1, -0.05) is 0 Å². The molecule has 0 saturated heterocycles. The number of unbranched alkanes of at least 4 members (excludes halogenated alkanes) is 1. The van der Waals surface area contributed by atoms with Gasteiger partial charge in [-0.15, -0.1) is 11.3 Å². The van der Waals surface area contributed by atoms with Crippen LogP contribution < -0.4 is 16.4 Å². The van der Waals surface area contributed by atoms with Gasteiger partial charge in [-0.25, -0.2) is 9.59 Å². The molecule has 0 spiro atoms. The molecule has 1 rings (SSSR count). The van der Waals surface area contributed by atoms with Crippen molar-refractivity contribution < 1.29 is 19.5 Å². The predicted molar refractivity (Wildman–Crippen MR) is 71.3 cm³/mol. The highest BCUT2D eigenvalue weighted by Gasteiger charge is 2.13. The minimum absolute atomic E-state index is 0.0638. The molecule has 1 aromatic rings. The van der Waals surface area contributed by atoms with Gasteiger partial charge in [0.1, 0.15) is 5.00 Å². The molecule has 0 aliphatic rings. The van der Waals surface area contributed by atoms with Crippen molar-refractivity contribution in [3.63, 3.8) is 0 Å². The highest BCUT2D eigenvalue weighted by molar-refractivity contribution is 7.14. The molecule has 0 aromatic carbocycles. The van der Waals surface area contributed by atoms with Crippen molar-refractivity contribution in [3.8, 4) is 0 Å². The van der Waals surface area contributed by atoms with Gasteiger partial charge in [-0.2, -0.15) is 0 Å². The Morgan fingerprint density at radius 2 is 2.05 bits per heavy atom. The lowest BCUT2D eigenvalue weighted by Crippen LogP contribution is -2.29. The number of hydrogen-bond donors (Lipinski definition) is 4. The van der Waals surface area contributed by atoms with Gasteiger partial charge in [0.25, 0.3) is 0 Å². The van der Waals surface area contributed by atoms with E-state index in [2.05, 4.69) is 10.6 Å². The number of carboxylic acid groups (broad SMARTS) is 1. The van der Waals surface area contributed by atoms with Crippen molar-refractivity contribution in [2.75, 3.05) is 11.9 Å². The molecule has 0 aliphatic heterocycles. The Morgan fingerprint density at radius 3 is 2.68 bits per heavy atom. The topological polar surface area (TPSA) is 122 Å². The van der Waals surface area contributed by atoms with Gasteiger partial charge < -0.3 is 16.2 Å². The molecule has 7 nitrogen and oxygen atoms in total. The number of nitrogens with two attached hydrogens (primary N) is 1. The highest BCUT2D eigenvalue weighted by Crippen LogP contribution is 2.22. The smallest absolute Gasteiger partial charge is 0.338 e. The Balaban J connectivity index is 2.29. The van der Waals surface area contributed by atoms with E-state index in [-0.39, 0.29) is 17.9 Å². The molecule has 104 valence electrons. The number of amides is 3. The molecule has 19 heavy (non-hydrogen) atoms. The Labute approximate surface area is 113 Å². The summed E-state index contributed by atoms with van der Waals surface area (Å²) in [6.07, 6.45) is 1.53. The first-order valence-corrected chi connectivity index (χ1v) is 6.52. The third kappa shape index (κ3) is 5.38. The van der Waals surface area contributed by atoms with E-state index in [0.29, 0.717) is 24.4 Å². The van der Waals surface area contributed by atoms with Crippen LogP contribution in [-0.4, -0.2) is 29.6 Å². The van der Waals surface area contributed by atoms with Crippen LogP contribution in [0.2, 0.25) is 0 Å². The molecular formula is C11H15N3O4S. The zero-order valence-corrected chi connectivity index (χ0v) is 11.0. The molecule has 8 heteroatoms. The fourth-order valence-corrected chi connectivity index (χ4v) is 2.12.